The first-order valence-corrected chi connectivity index (χ1v) is 11.7. The number of amides is 3. The monoisotopic (exact) mass is 515 g/mol. The summed E-state index contributed by atoms with van der Waals surface area (Å²) in [5, 5.41) is 3.42. The average molecular weight is 516 g/mol. The summed E-state index contributed by atoms with van der Waals surface area (Å²) in [6, 6.07) is 12.1. The molecule has 35 heavy (non-hydrogen) atoms. The second-order valence-corrected chi connectivity index (χ2v) is 9.91. The van der Waals surface area contributed by atoms with Crippen molar-refractivity contribution in [3.63, 3.8) is 0 Å². The number of nitrogen functional groups attached to an aromatic ring is 1. The van der Waals surface area contributed by atoms with Crippen LogP contribution in [0.25, 0.3) is 0 Å². The number of anilines is 2. The van der Waals surface area contributed by atoms with Crippen molar-refractivity contribution in [2.24, 2.45) is 5.73 Å². The topological polar surface area (TPSA) is 141 Å². The molecule has 1 heterocycles. The average Bonchev–Trinajstić information content (AvgIpc) is 3.18. The highest BCUT2D eigenvalue weighted by Crippen LogP contribution is 2.34. The van der Waals surface area contributed by atoms with Crippen LogP contribution in [-0.2, 0) is 4.79 Å². The van der Waals surface area contributed by atoms with Gasteiger partial charge in [-0.25, -0.2) is 0 Å². The van der Waals surface area contributed by atoms with Crippen LogP contribution in [0.5, 0.6) is 5.75 Å². The molecule has 0 saturated heterocycles. The number of hydrogen-bond donors (Lipinski definition) is 3. The number of hydrogen-bond acceptors (Lipinski definition) is 7. The molecule has 0 saturated carbocycles. The third kappa shape index (κ3) is 5.90. The Bertz CT molecular complexity index is 1240. The fourth-order valence-electron chi connectivity index (χ4n) is 3.37. The summed E-state index contributed by atoms with van der Waals surface area (Å²) in [6.45, 7) is 5.51. The van der Waals surface area contributed by atoms with Crippen molar-refractivity contribution in [2.75, 3.05) is 17.7 Å². The molecular weight excluding hydrogens is 490 g/mol. The van der Waals surface area contributed by atoms with E-state index in [0.717, 1.165) is 11.5 Å². The van der Waals surface area contributed by atoms with Gasteiger partial charge in [0, 0.05) is 16.2 Å². The summed E-state index contributed by atoms with van der Waals surface area (Å²) in [7, 11) is 1.52. The molecule has 11 heteroatoms. The Balaban J connectivity index is 2.23. The molecular formula is C24H26ClN5O4S. The van der Waals surface area contributed by atoms with Gasteiger partial charge in [-0.15, -0.1) is 0 Å². The molecule has 5 N–H and O–H groups in total. The number of halogens is 1. The van der Waals surface area contributed by atoms with Gasteiger partial charge in [-0.3, -0.25) is 19.3 Å². The third-order valence-corrected chi connectivity index (χ3v) is 6.02. The fourth-order valence-corrected chi connectivity index (χ4v) is 4.23. The number of methoxy groups -OCH3 is 1. The van der Waals surface area contributed by atoms with Gasteiger partial charge in [0.25, 0.3) is 11.8 Å². The molecule has 1 aromatic heterocycles. The predicted molar refractivity (Wildman–Crippen MR) is 137 cm³/mol. The number of nitrogens with zero attached hydrogens (tertiary/aromatic N) is 2. The summed E-state index contributed by atoms with van der Waals surface area (Å²) in [6.07, 6.45) is 0. The number of ether oxygens (including phenoxy) is 1. The first-order valence-electron chi connectivity index (χ1n) is 10.5. The number of carbonyl (C=O) groups is 3. The highest BCUT2D eigenvalue weighted by Gasteiger charge is 2.37. The molecule has 184 valence electrons. The van der Waals surface area contributed by atoms with Crippen LogP contribution in [0.15, 0.2) is 48.5 Å². The van der Waals surface area contributed by atoms with Crippen molar-refractivity contribution in [1.29, 1.82) is 0 Å². The lowest BCUT2D eigenvalue weighted by Gasteiger charge is -2.33. The summed E-state index contributed by atoms with van der Waals surface area (Å²) >= 11 is 6.82. The van der Waals surface area contributed by atoms with E-state index in [1.165, 1.54) is 12.0 Å². The third-order valence-electron chi connectivity index (χ3n) is 4.92. The van der Waals surface area contributed by atoms with Crippen LogP contribution in [0, 0.1) is 0 Å². The van der Waals surface area contributed by atoms with Crippen LogP contribution < -0.4 is 26.4 Å². The van der Waals surface area contributed by atoms with Crippen molar-refractivity contribution in [2.45, 2.75) is 32.4 Å². The Labute approximate surface area is 212 Å². The van der Waals surface area contributed by atoms with Gasteiger partial charge in [0.2, 0.25) is 5.91 Å². The minimum Gasteiger partial charge on any atom is -0.497 e. The van der Waals surface area contributed by atoms with E-state index >= 15 is 0 Å². The van der Waals surface area contributed by atoms with Crippen molar-refractivity contribution < 1.29 is 19.1 Å². The summed E-state index contributed by atoms with van der Waals surface area (Å²) in [5.41, 5.74) is 11.4. The van der Waals surface area contributed by atoms with Crippen LogP contribution in [-0.4, -0.2) is 34.7 Å². The molecule has 0 bridgehead atoms. The maximum atomic E-state index is 13.9. The van der Waals surface area contributed by atoms with Gasteiger partial charge in [0.05, 0.1) is 12.8 Å². The van der Waals surface area contributed by atoms with Gasteiger partial charge >= 0.3 is 0 Å². The van der Waals surface area contributed by atoms with Crippen molar-refractivity contribution >= 4 is 52.2 Å². The number of carbonyl (C=O) groups excluding carboxylic acids is 3. The number of nitrogens with one attached hydrogen (secondary N) is 1. The number of primary amides is 1. The van der Waals surface area contributed by atoms with E-state index < -0.39 is 29.3 Å². The Morgan fingerprint density at radius 1 is 1.09 bits per heavy atom. The SMILES string of the molecule is COc1ccc(N(C(=O)c2snc(C(N)=O)c2N)[C@H](C(=O)NC(C)(C)C)c2ccc(Cl)cc2)cc1. The predicted octanol–water partition coefficient (Wildman–Crippen LogP) is 3.79. The molecule has 1 atom stereocenters. The van der Waals surface area contributed by atoms with Crippen LogP contribution in [0.3, 0.4) is 0 Å². The van der Waals surface area contributed by atoms with Crippen LogP contribution in [0.1, 0.15) is 52.5 Å². The second-order valence-electron chi connectivity index (χ2n) is 8.70. The van der Waals surface area contributed by atoms with E-state index in [1.807, 2.05) is 20.8 Å². The molecule has 3 amide bonds. The highest BCUT2D eigenvalue weighted by molar-refractivity contribution is 7.09. The van der Waals surface area contributed by atoms with Gasteiger partial charge in [-0.1, -0.05) is 23.7 Å². The van der Waals surface area contributed by atoms with Gasteiger partial charge in [-0.2, -0.15) is 4.37 Å². The van der Waals surface area contributed by atoms with E-state index in [-0.39, 0.29) is 16.3 Å². The van der Waals surface area contributed by atoms with E-state index in [1.54, 1.807) is 48.5 Å². The number of benzene rings is 2. The lowest BCUT2D eigenvalue weighted by molar-refractivity contribution is -0.123. The number of aromatic nitrogens is 1. The summed E-state index contributed by atoms with van der Waals surface area (Å²) in [4.78, 5) is 40.5. The smallest absolute Gasteiger partial charge is 0.273 e. The molecule has 0 fully saturated rings. The Morgan fingerprint density at radius 3 is 2.17 bits per heavy atom. The van der Waals surface area contributed by atoms with Crippen molar-refractivity contribution in [3.05, 3.63) is 69.7 Å². The summed E-state index contributed by atoms with van der Waals surface area (Å²) in [5.74, 6) is -1.34. The minimum atomic E-state index is -1.11. The molecule has 0 aliphatic rings. The van der Waals surface area contributed by atoms with E-state index in [2.05, 4.69) is 9.69 Å². The lowest BCUT2D eigenvalue weighted by atomic mass is 10.0. The Hall–Kier alpha value is -3.63. The van der Waals surface area contributed by atoms with E-state index in [0.29, 0.717) is 22.0 Å². The van der Waals surface area contributed by atoms with Gasteiger partial charge in [-0.05, 0) is 74.3 Å². The van der Waals surface area contributed by atoms with Crippen LogP contribution in [0.4, 0.5) is 11.4 Å². The van der Waals surface area contributed by atoms with Gasteiger partial charge in [0.1, 0.15) is 16.7 Å². The zero-order chi connectivity index (χ0) is 25.9. The zero-order valence-electron chi connectivity index (χ0n) is 19.7. The van der Waals surface area contributed by atoms with Crippen molar-refractivity contribution in [3.8, 4) is 5.75 Å². The van der Waals surface area contributed by atoms with E-state index in [9.17, 15) is 14.4 Å². The molecule has 3 rings (SSSR count). The Kier molecular flexibility index (Phi) is 7.67. The number of nitrogens with two attached hydrogens (primary N) is 2. The zero-order valence-corrected chi connectivity index (χ0v) is 21.2. The van der Waals surface area contributed by atoms with Crippen molar-refractivity contribution in [1.82, 2.24) is 9.69 Å². The number of rotatable bonds is 7. The maximum absolute atomic E-state index is 13.9. The first-order chi connectivity index (χ1) is 16.4. The first kappa shape index (κ1) is 26.0. The normalized spacial score (nSPS) is 12.0. The minimum absolute atomic E-state index is 0.0165. The van der Waals surface area contributed by atoms with Crippen LogP contribution >= 0.6 is 23.1 Å². The lowest BCUT2D eigenvalue weighted by Crippen LogP contribution is -2.49. The molecule has 0 radical (unpaired) electrons. The van der Waals surface area contributed by atoms with Crippen LogP contribution in [0.2, 0.25) is 5.02 Å². The fraction of sp³-hybridized carbons (Fsp3) is 0.250. The molecule has 0 aliphatic carbocycles. The Morgan fingerprint density at radius 2 is 1.69 bits per heavy atom. The second kappa shape index (κ2) is 10.3. The maximum Gasteiger partial charge on any atom is 0.273 e. The quantitative estimate of drug-likeness (QED) is 0.437. The van der Waals surface area contributed by atoms with Gasteiger partial charge < -0.3 is 21.5 Å². The molecule has 3 aromatic rings. The molecule has 2 aromatic carbocycles. The van der Waals surface area contributed by atoms with E-state index in [4.69, 9.17) is 27.8 Å². The molecule has 0 unspecified atom stereocenters. The van der Waals surface area contributed by atoms with Gasteiger partial charge in [0.15, 0.2) is 5.69 Å². The molecule has 0 spiro atoms. The standard InChI is InChI=1S/C24H26ClN5O4S/c1-24(2,3)28-22(32)19(13-5-7-14(25)8-6-13)30(15-9-11-16(34-4)12-10-15)23(33)20-17(26)18(21(27)31)29-35-20/h5-12,19H,26H2,1-4H3,(H2,27,31)(H,28,32)/t19-/m0/s1. The summed E-state index contributed by atoms with van der Waals surface area (Å²) < 4.78 is 9.18. The molecule has 0 aliphatic heterocycles. The molecule has 9 nitrogen and oxygen atoms in total. The largest absolute Gasteiger partial charge is 0.497 e. The highest BCUT2D eigenvalue weighted by atomic mass is 35.5.